The van der Waals surface area contributed by atoms with E-state index in [1.165, 1.54) is 12.1 Å². The van der Waals surface area contributed by atoms with Crippen LogP contribution in [0.25, 0.3) is 16.5 Å². The Labute approximate surface area is 150 Å². The first-order valence-electron chi connectivity index (χ1n) is 8.43. The molecule has 8 heteroatoms. The molecule has 0 bridgehead atoms. The quantitative estimate of drug-likeness (QED) is 0.669. The summed E-state index contributed by atoms with van der Waals surface area (Å²) in [5.74, 6) is -0.617. The Bertz CT molecular complexity index is 872. The van der Waals surface area contributed by atoms with Gasteiger partial charge in [-0.15, -0.1) is 0 Å². The predicted molar refractivity (Wildman–Crippen MR) is 98.3 cm³/mol. The third kappa shape index (κ3) is 3.85. The molecule has 0 radical (unpaired) electrons. The third-order valence-electron chi connectivity index (χ3n) is 4.21. The van der Waals surface area contributed by atoms with Crippen molar-refractivity contribution in [1.29, 1.82) is 0 Å². The molecular weight excluding hydrogens is 337 g/mol. The Hall–Kier alpha value is -2.87. The number of hydrogen-bond donors (Lipinski definition) is 4. The molecule has 7 nitrogen and oxygen atoms in total. The van der Waals surface area contributed by atoms with Gasteiger partial charge in [0.15, 0.2) is 0 Å². The van der Waals surface area contributed by atoms with Crippen LogP contribution in [-0.4, -0.2) is 55.6 Å². The van der Waals surface area contributed by atoms with Crippen molar-refractivity contribution >= 4 is 28.4 Å². The Morgan fingerprint density at radius 2 is 2.19 bits per heavy atom. The van der Waals surface area contributed by atoms with Crippen LogP contribution in [0.5, 0.6) is 0 Å². The van der Waals surface area contributed by atoms with Crippen LogP contribution in [0.15, 0.2) is 24.4 Å². The molecule has 0 spiro atoms. The van der Waals surface area contributed by atoms with E-state index in [0.29, 0.717) is 41.7 Å². The topological polar surface area (TPSA) is 89.3 Å². The lowest BCUT2D eigenvalue weighted by atomic mass is 10.0. The predicted octanol–water partition coefficient (Wildman–Crippen LogP) is 1.64. The number of aromatic amines is 1. The molecule has 1 aromatic heterocycles. The fraction of sp³-hybridized carbons (Fsp3) is 0.333. The van der Waals surface area contributed by atoms with E-state index in [9.17, 15) is 14.0 Å². The molecule has 1 aliphatic rings. The number of aromatic nitrogens is 1. The number of nitrogens with zero attached hydrogens (tertiary/aromatic N) is 1. The second-order valence-electron chi connectivity index (χ2n) is 6.44. The van der Waals surface area contributed by atoms with Crippen molar-refractivity contribution in [2.24, 2.45) is 0 Å². The van der Waals surface area contributed by atoms with Gasteiger partial charge < -0.3 is 25.8 Å². The van der Waals surface area contributed by atoms with E-state index < -0.39 is 0 Å². The minimum atomic E-state index is -0.377. The molecule has 138 valence electrons. The number of H-pyrrole nitrogens is 1. The number of halogens is 1. The number of benzene rings is 1. The average molecular weight is 359 g/mol. The average Bonchev–Trinajstić information content (AvgIpc) is 2.88. The molecule has 1 aromatic carbocycles. The van der Waals surface area contributed by atoms with Crippen molar-refractivity contribution < 1.29 is 14.0 Å². The van der Waals surface area contributed by atoms with Crippen LogP contribution in [0.4, 0.5) is 9.18 Å². The smallest absolute Gasteiger partial charge is 0.318 e. The van der Waals surface area contributed by atoms with Crippen molar-refractivity contribution in [2.75, 3.05) is 33.7 Å². The fourth-order valence-electron chi connectivity index (χ4n) is 2.93. The van der Waals surface area contributed by atoms with Crippen molar-refractivity contribution in [3.05, 3.63) is 41.5 Å². The molecule has 0 aliphatic carbocycles. The van der Waals surface area contributed by atoms with Gasteiger partial charge in [0.05, 0.1) is 0 Å². The highest BCUT2D eigenvalue weighted by Gasteiger charge is 2.24. The summed E-state index contributed by atoms with van der Waals surface area (Å²) < 4.78 is 13.7. The molecule has 2 heterocycles. The molecule has 0 saturated carbocycles. The summed E-state index contributed by atoms with van der Waals surface area (Å²) >= 11 is 0. The van der Waals surface area contributed by atoms with Crippen molar-refractivity contribution in [2.45, 2.75) is 6.42 Å². The number of urea groups is 1. The molecule has 0 atom stereocenters. The third-order valence-corrected chi connectivity index (χ3v) is 4.21. The van der Waals surface area contributed by atoms with Crippen molar-refractivity contribution in [1.82, 2.24) is 25.8 Å². The number of rotatable bonds is 4. The molecule has 4 N–H and O–H groups in total. The maximum atomic E-state index is 13.7. The zero-order valence-electron chi connectivity index (χ0n) is 14.8. The van der Waals surface area contributed by atoms with E-state index >= 15 is 0 Å². The Kier molecular flexibility index (Phi) is 5.22. The van der Waals surface area contributed by atoms with Gasteiger partial charge in [-0.1, -0.05) is 0 Å². The normalized spacial score (nSPS) is 15.7. The molecular formula is C18H22FN5O2. The summed E-state index contributed by atoms with van der Waals surface area (Å²) in [4.78, 5) is 29.2. The second-order valence-corrected chi connectivity index (χ2v) is 6.44. The first kappa shape index (κ1) is 17.9. The van der Waals surface area contributed by atoms with E-state index in [1.54, 1.807) is 12.3 Å². The zero-order valence-corrected chi connectivity index (χ0v) is 14.8. The standard InChI is InChI=1S/C18H22FN5O2/c1-24(2)8-7-21-18(26)22-10-11-5-6-20-17(25)16-15(11)13-9-12(19)3-4-14(13)23-16/h3-4,9-10,23H,5-8H2,1-2H3,(H,20,25)(H2,21,22,26). The number of nitrogens with one attached hydrogen (secondary N) is 4. The number of fused-ring (bicyclic) bond motifs is 3. The van der Waals surface area contributed by atoms with Gasteiger partial charge in [-0.05, 0) is 44.3 Å². The van der Waals surface area contributed by atoms with Crippen LogP contribution >= 0.6 is 0 Å². The molecule has 26 heavy (non-hydrogen) atoms. The molecule has 0 fully saturated rings. The largest absolute Gasteiger partial charge is 0.350 e. The number of hydrogen-bond acceptors (Lipinski definition) is 3. The molecule has 3 rings (SSSR count). The Morgan fingerprint density at radius 3 is 2.96 bits per heavy atom. The lowest BCUT2D eigenvalue weighted by molar-refractivity contribution is 0.0952. The maximum absolute atomic E-state index is 13.7. The highest BCUT2D eigenvalue weighted by Crippen LogP contribution is 2.32. The van der Waals surface area contributed by atoms with Crippen molar-refractivity contribution in [3.63, 3.8) is 0 Å². The summed E-state index contributed by atoms with van der Waals surface area (Å²) in [7, 11) is 3.85. The first-order chi connectivity index (χ1) is 12.5. The van der Waals surface area contributed by atoms with Crippen LogP contribution in [0.2, 0.25) is 0 Å². The lowest BCUT2D eigenvalue weighted by Gasteiger charge is -2.11. The Balaban J connectivity index is 1.87. The fourth-order valence-corrected chi connectivity index (χ4v) is 2.93. The molecule has 3 amide bonds. The monoisotopic (exact) mass is 359 g/mol. The van der Waals surface area contributed by atoms with Crippen LogP contribution in [0.1, 0.15) is 22.5 Å². The highest BCUT2D eigenvalue weighted by atomic mass is 19.1. The minimum absolute atomic E-state index is 0.240. The molecule has 2 aromatic rings. The number of carbonyl (C=O) groups is 2. The molecule has 0 unspecified atom stereocenters. The molecule has 0 saturated heterocycles. The van der Waals surface area contributed by atoms with Crippen LogP contribution < -0.4 is 16.0 Å². The summed E-state index contributed by atoms with van der Waals surface area (Å²) in [6.45, 7) is 1.69. The van der Waals surface area contributed by atoms with Gasteiger partial charge in [0.1, 0.15) is 11.5 Å². The first-order valence-corrected chi connectivity index (χ1v) is 8.43. The number of likely N-dealkylation sites (N-methyl/N-ethyl adjacent to an activating group) is 1. The molecule has 1 aliphatic heterocycles. The highest BCUT2D eigenvalue weighted by molar-refractivity contribution is 6.07. The SMILES string of the molecule is CN(C)CCNC(=O)NC=C1CCNC(=O)c2[nH]c3ccc(F)cc3c21. The van der Waals surface area contributed by atoms with Crippen LogP contribution in [-0.2, 0) is 0 Å². The summed E-state index contributed by atoms with van der Waals surface area (Å²) in [6.07, 6.45) is 2.11. The van der Waals surface area contributed by atoms with Gasteiger partial charge >= 0.3 is 6.03 Å². The van der Waals surface area contributed by atoms with Gasteiger partial charge in [0.25, 0.3) is 5.91 Å². The van der Waals surface area contributed by atoms with Crippen LogP contribution in [0.3, 0.4) is 0 Å². The van der Waals surface area contributed by atoms with E-state index in [1.807, 2.05) is 19.0 Å². The van der Waals surface area contributed by atoms with E-state index in [2.05, 4.69) is 20.9 Å². The minimum Gasteiger partial charge on any atom is -0.350 e. The van der Waals surface area contributed by atoms with Gasteiger partial charge in [0.2, 0.25) is 0 Å². The van der Waals surface area contributed by atoms with E-state index in [4.69, 9.17) is 0 Å². The maximum Gasteiger partial charge on any atom is 0.318 e. The number of amides is 3. The van der Waals surface area contributed by atoms with Crippen LogP contribution in [0, 0.1) is 5.82 Å². The van der Waals surface area contributed by atoms with Gasteiger partial charge in [0, 0.05) is 42.3 Å². The summed E-state index contributed by atoms with van der Waals surface area (Å²) in [5.41, 5.74) is 2.44. The number of carbonyl (C=O) groups excluding carboxylic acids is 2. The summed E-state index contributed by atoms with van der Waals surface area (Å²) in [6, 6.07) is 4.02. The zero-order chi connectivity index (χ0) is 18.7. The van der Waals surface area contributed by atoms with E-state index in [-0.39, 0.29) is 17.8 Å². The van der Waals surface area contributed by atoms with Gasteiger partial charge in [-0.25, -0.2) is 9.18 Å². The van der Waals surface area contributed by atoms with Crippen molar-refractivity contribution in [3.8, 4) is 0 Å². The van der Waals surface area contributed by atoms with E-state index in [0.717, 1.165) is 12.1 Å². The summed E-state index contributed by atoms with van der Waals surface area (Å²) in [5, 5.41) is 8.88. The lowest BCUT2D eigenvalue weighted by Crippen LogP contribution is -2.36. The van der Waals surface area contributed by atoms with Gasteiger partial charge in [-0.3, -0.25) is 4.79 Å². The van der Waals surface area contributed by atoms with Gasteiger partial charge in [-0.2, -0.15) is 0 Å². The Morgan fingerprint density at radius 1 is 1.38 bits per heavy atom. The second kappa shape index (κ2) is 7.57.